The molecule has 0 aliphatic carbocycles. The fourth-order valence-electron chi connectivity index (χ4n) is 1.64. The Morgan fingerprint density at radius 1 is 1.53 bits per heavy atom. The highest BCUT2D eigenvalue weighted by Crippen LogP contribution is 2.19. The summed E-state index contributed by atoms with van der Waals surface area (Å²) in [5.74, 6) is -0.256. The van der Waals surface area contributed by atoms with Gasteiger partial charge in [-0.05, 0) is 18.6 Å². The minimum atomic E-state index is -0.256. The zero-order chi connectivity index (χ0) is 10.7. The Hall–Kier alpha value is -0.640. The van der Waals surface area contributed by atoms with E-state index in [1.807, 2.05) is 0 Å². The zero-order valence-corrected chi connectivity index (χ0v) is 9.06. The van der Waals surface area contributed by atoms with Gasteiger partial charge in [-0.25, -0.2) is 4.39 Å². The van der Waals surface area contributed by atoms with Gasteiger partial charge in [0.1, 0.15) is 5.82 Å². The maximum Gasteiger partial charge on any atom is 0.129 e. The quantitative estimate of drug-likeness (QED) is 0.859. The van der Waals surface area contributed by atoms with Crippen molar-refractivity contribution in [2.45, 2.75) is 19.0 Å². The molecule has 82 valence electrons. The third kappa shape index (κ3) is 2.68. The SMILES string of the molecule is Fc1cccc(Cl)c1CNC1CCOC1. The van der Waals surface area contributed by atoms with E-state index in [1.54, 1.807) is 12.1 Å². The van der Waals surface area contributed by atoms with E-state index in [0.717, 1.165) is 13.0 Å². The highest BCUT2D eigenvalue weighted by atomic mass is 35.5. The van der Waals surface area contributed by atoms with E-state index in [2.05, 4.69) is 5.32 Å². The first-order valence-electron chi connectivity index (χ1n) is 5.01. The maximum atomic E-state index is 13.4. The van der Waals surface area contributed by atoms with Crippen LogP contribution in [0.5, 0.6) is 0 Å². The van der Waals surface area contributed by atoms with Crippen LogP contribution in [-0.2, 0) is 11.3 Å². The van der Waals surface area contributed by atoms with Gasteiger partial charge in [0.2, 0.25) is 0 Å². The molecular formula is C11H13ClFNO. The molecule has 1 unspecified atom stereocenters. The van der Waals surface area contributed by atoms with Gasteiger partial charge in [0.15, 0.2) is 0 Å². The molecule has 2 nitrogen and oxygen atoms in total. The highest BCUT2D eigenvalue weighted by molar-refractivity contribution is 6.31. The van der Waals surface area contributed by atoms with Crippen molar-refractivity contribution in [2.75, 3.05) is 13.2 Å². The molecule has 0 radical (unpaired) electrons. The van der Waals surface area contributed by atoms with Crippen molar-refractivity contribution in [3.63, 3.8) is 0 Å². The van der Waals surface area contributed by atoms with E-state index in [9.17, 15) is 4.39 Å². The number of hydrogen-bond acceptors (Lipinski definition) is 2. The normalized spacial score (nSPS) is 20.8. The number of rotatable bonds is 3. The van der Waals surface area contributed by atoms with Gasteiger partial charge in [-0.2, -0.15) is 0 Å². The molecule has 2 rings (SSSR count). The van der Waals surface area contributed by atoms with Crippen molar-refractivity contribution in [2.24, 2.45) is 0 Å². The second-order valence-corrected chi connectivity index (χ2v) is 4.05. The van der Waals surface area contributed by atoms with Crippen LogP contribution in [0.15, 0.2) is 18.2 Å². The molecule has 1 aliphatic heterocycles. The van der Waals surface area contributed by atoms with Gasteiger partial charge in [0, 0.05) is 29.8 Å². The van der Waals surface area contributed by atoms with Gasteiger partial charge in [-0.15, -0.1) is 0 Å². The average molecular weight is 230 g/mol. The summed E-state index contributed by atoms with van der Waals surface area (Å²) in [6.07, 6.45) is 0.978. The van der Waals surface area contributed by atoms with Crippen LogP contribution in [0.2, 0.25) is 5.02 Å². The fourth-order valence-corrected chi connectivity index (χ4v) is 1.87. The summed E-state index contributed by atoms with van der Waals surface area (Å²) in [5, 5.41) is 3.70. The predicted octanol–water partition coefficient (Wildman–Crippen LogP) is 2.36. The minimum absolute atomic E-state index is 0.256. The molecule has 1 aromatic carbocycles. The molecule has 4 heteroatoms. The van der Waals surface area contributed by atoms with Crippen LogP contribution in [0.4, 0.5) is 4.39 Å². The van der Waals surface area contributed by atoms with Crippen LogP contribution in [0.1, 0.15) is 12.0 Å². The molecule has 1 aliphatic rings. The first-order valence-corrected chi connectivity index (χ1v) is 5.39. The Morgan fingerprint density at radius 3 is 3.07 bits per heavy atom. The molecule has 0 bridgehead atoms. The fraction of sp³-hybridized carbons (Fsp3) is 0.455. The number of benzene rings is 1. The summed E-state index contributed by atoms with van der Waals surface area (Å²) in [6.45, 7) is 1.94. The smallest absolute Gasteiger partial charge is 0.129 e. The highest BCUT2D eigenvalue weighted by Gasteiger charge is 2.16. The van der Waals surface area contributed by atoms with E-state index in [-0.39, 0.29) is 5.82 Å². The second-order valence-electron chi connectivity index (χ2n) is 3.64. The molecule has 1 aromatic rings. The van der Waals surface area contributed by atoms with Crippen molar-refractivity contribution in [3.05, 3.63) is 34.6 Å². The first kappa shape index (κ1) is 10.9. The lowest BCUT2D eigenvalue weighted by Crippen LogP contribution is -2.29. The summed E-state index contributed by atoms with van der Waals surface area (Å²) < 4.78 is 18.6. The number of halogens is 2. The Labute approximate surface area is 93.4 Å². The van der Waals surface area contributed by atoms with Gasteiger partial charge in [-0.1, -0.05) is 17.7 Å². The van der Waals surface area contributed by atoms with Crippen LogP contribution < -0.4 is 5.32 Å². The topological polar surface area (TPSA) is 21.3 Å². The Morgan fingerprint density at radius 2 is 2.40 bits per heavy atom. The van der Waals surface area contributed by atoms with E-state index in [0.29, 0.717) is 29.8 Å². The predicted molar refractivity (Wildman–Crippen MR) is 57.5 cm³/mol. The Balaban J connectivity index is 1.97. The maximum absolute atomic E-state index is 13.4. The van der Waals surface area contributed by atoms with Gasteiger partial charge in [0.05, 0.1) is 6.61 Å². The van der Waals surface area contributed by atoms with Crippen molar-refractivity contribution in [1.82, 2.24) is 5.32 Å². The monoisotopic (exact) mass is 229 g/mol. The lowest BCUT2D eigenvalue weighted by atomic mass is 10.2. The molecule has 1 N–H and O–H groups in total. The van der Waals surface area contributed by atoms with Crippen LogP contribution in [0.3, 0.4) is 0 Å². The molecule has 1 saturated heterocycles. The second kappa shape index (κ2) is 4.92. The summed E-state index contributed by atoms with van der Waals surface area (Å²) in [6, 6.07) is 5.06. The lowest BCUT2D eigenvalue weighted by molar-refractivity contribution is 0.189. The van der Waals surface area contributed by atoms with Crippen LogP contribution >= 0.6 is 11.6 Å². The van der Waals surface area contributed by atoms with Gasteiger partial charge in [0.25, 0.3) is 0 Å². The van der Waals surface area contributed by atoms with E-state index in [1.165, 1.54) is 6.07 Å². The van der Waals surface area contributed by atoms with Crippen molar-refractivity contribution < 1.29 is 9.13 Å². The molecule has 0 amide bonds. The summed E-state index contributed by atoms with van der Waals surface area (Å²) in [5.41, 5.74) is 0.533. The molecule has 15 heavy (non-hydrogen) atoms. The first-order chi connectivity index (χ1) is 7.27. The van der Waals surface area contributed by atoms with E-state index < -0.39 is 0 Å². The third-order valence-electron chi connectivity index (χ3n) is 2.56. The molecule has 0 aromatic heterocycles. The van der Waals surface area contributed by atoms with Gasteiger partial charge < -0.3 is 10.1 Å². The molecular weight excluding hydrogens is 217 g/mol. The Bertz CT molecular complexity index is 319. The molecule has 0 saturated carbocycles. The van der Waals surface area contributed by atoms with Crippen molar-refractivity contribution in [3.8, 4) is 0 Å². The van der Waals surface area contributed by atoms with Crippen LogP contribution in [-0.4, -0.2) is 19.3 Å². The third-order valence-corrected chi connectivity index (χ3v) is 2.91. The average Bonchev–Trinajstić information content (AvgIpc) is 2.70. The minimum Gasteiger partial charge on any atom is -0.380 e. The van der Waals surface area contributed by atoms with Crippen LogP contribution in [0.25, 0.3) is 0 Å². The van der Waals surface area contributed by atoms with Gasteiger partial charge >= 0.3 is 0 Å². The van der Waals surface area contributed by atoms with Gasteiger partial charge in [-0.3, -0.25) is 0 Å². The number of nitrogens with one attached hydrogen (secondary N) is 1. The zero-order valence-electron chi connectivity index (χ0n) is 8.30. The summed E-state index contributed by atoms with van der Waals surface area (Å²) >= 11 is 5.90. The molecule has 1 atom stereocenters. The van der Waals surface area contributed by atoms with Crippen molar-refractivity contribution >= 4 is 11.6 Å². The number of ether oxygens (including phenoxy) is 1. The van der Waals surface area contributed by atoms with E-state index in [4.69, 9.17) is 16.3 Å². The summed E-state index contributed by atoms with van der Waals surface area (Å²) in [4.78, 5) is 0. The lowest BCUT2D eigenvalue weighted by Gasteiger charge is -2.11. The standard InChI is InChI=1S/C11H13ClFNO/c12-10-2-1-3-11(13)9(10)6-14-8-4-5-15-7-8/h1-3,8,14H,4-7H2. The van der Waals surface area contributed by atoms with Crippen molar-refractivity contribution in [1.29, 1.82) is 0 Å². The molecule has 1 heterocycles. The largest absolute Gasteiger partial charge is 0.380 e. The van der Waals surface area contributed by atoms with Crippen LogP contribution in [0, 0.1) is 5.82 Å². The summed E-state index contributed by atoms with van der Waals surface area (Å²) in [7, 11) is 0. The molecule has 1 fully saturated rings. The molecule has 0 spiro atoms. The number of hydrogen-bond donors (Lipinski definition) is 1. The van der Waals surface area contributed by atoms with E-state index >= 15 is 0 Å². The Kier molecular flexibility index (Phi) is 3.57.